The van der Waals surface area contributed by atoms with Crippen LogP contribution in [0, 0.1) is 0 Å². The Morgan fingerprint density at radius 3 is 2.56 bits per heavy atom. The summed E-state index contributed by atoms with van der Waals surface area (Å²) in [5.74, 6) is -0.0878. The second kappa shape index (κ2) is 9.47. The molecule has 0 aliphatic carbocycles. The number of hydrogen-bond donors (Lipinski definition) is 1. The van der Waals surface area contributed by atoms with Gasteiger partial charge in [-0.15, -0.1) is 0 Å². The Morgan fingerprint density at radius 1 is 1.12 bits per heavy atom. The Hall–Kier alpha value is -4.00. The minimum atomic E-state index is -0.934. The second-order valence-corrected chi connectivity index (χ2v) is 8.23. The smallest absolute Gasteiger partial charge is 0.300 e. The van der Waals surface area contributed by atoms with Crippen molar-refractivity contribution in [3.05, 3.63) is 83.3 Å². The first-order valence-corrected chi connectivity index (χ1v) is 11.1. The maximum absolute atomic E-state index is 13.2. The number of amides is 1. The number of aliphatic hydroxyl groups is 1. The molecule has 1 unspecified atom stereocenters. The van der Waals surface area contributed by atoms with Gasteiger partial charge < -0.3 is 19.0 Å². The summed E-state index contributed by atoms with van der Waals surface area (Å²) in [6, 6.07) is 14.5. The van der Waals surface area contributed by atoms with E-state index < -0.39 is 17.7 Å². The minimum Gasteiger partial charge on any atom is -0.507 e. The molecule has 1 aliphatic rings. The van der Waals surface area contributed by atoms with Crippen LogP contribution < -0.4 is 14.4 Å². The van der Waals surface area contributed by atoms with Gasteiger partial charge in [0.25, 0.3) is 11.7 Å². The van der Waals surface area contributed by atoms with Crippen molar-refractivity contribution in [1.82, 2.24) is 0 Å². The quantitative estimate of drug-likeness (QED) is 0.286. The van der Waals surface area contributed by atoms with Gasteiger partial charge in [-0.25, -0.2) is 0 Å². The average Bonchev–Trinajstić information content (AvgIpc) is 3.46. The van der Waals surface area contributed by atoms with E-state index in [1.54, 1.807) is 54.6 Å². The van der Waals surface area contributed by atoms with Crippen LogP contribution in [0.5, 0.6) is 11.5 Å². The Kier molecular flexibility index (Phi) is 6.45. The fourth-order valence-electron chi connectivity index (χ4n) is 4.16. The molecule has 0 saturated carbocycles. The highest BCUT2D eigenvalue weighted by molar-refractivity contribution is 6.51. The number of Topliss-reactive ketones (excluding diaryl/α,β-unsaturated/α-hetero) is 1. The van der Waals surface area contributed by atoms with Gasteiger partial charge in [0.1, 0.15) is 29.1 Å². The Balaban J connectivity index is 1.90. The maximum atomic E-state index is 13.2. The molecule has 1 aromatic heterocycles. The highest BCUT2D eigenvalue weighted by Gasteiger charge is 2.48. The van der Waals surface area contributed by atoms with Gasteiger partial charge in [-0.1, -0.05) is 19.9 Å². The number of nitrogens with zero attached hydrogens (tertiary/aromatic N) is 1. The Labute approximate surface area is 198 Å². The number of anilines is 1. The molecule has 0 radical (unpaired) electrons. The zero-order chi connectivity index (χ0) is 24.4. The number of ketones is 1. The van der Waals surface area contributed by atoms with Crippen LogP contribution in [0.3, 0.4) is 0 Å². The van der Waals surface area contributed by atoms with Crippen molar-refractivity contribution in [1.29, 1.82) is 0 Å². The van der Waals surface area contributed by atoms with E-state index >= 15 is 0 Å². The summed E-state index contributed by atoms with van der Waals surface area (Å²) in [5.41, 5.74) is 1.73. The van der Waals surface area contributed by atoms with E-state index in [9.17, 15) is 14.7 Å². The fourth-order valence-corrected chi connectivity index (χ4v) is 4.16. The number of methoxy groups -OCH3 is 1. The number of hydrogen-bond acceptors (Lipinski definition) is 6. The third kappa shape index (κ3) is 4.05. The number of carbonyl (C=O) groups excluding carboxylic acids is 2. The topological polar surface area (TPSA) is 89.2 Å². The largest absolute Gasteiger partial charge is 0.507 e. The highest BCUT2D eigenvalue weighted by atomic mass is 16.5. The molecule has 0 spiro atoms. The lowest BCUT2D eigenvalue weighted by atomic mass is 9.95. The summed E-state index contributed by atoms with van der Waals surface area (Å²) in [4.78, 5) is 27.8. The van der Waals surface area contributed by atoms with Gasteiger partial charge in [-0.2, -0.15) is 0 Å². The molecule has 4 rings (SSSR count). The van der Waals surface area contributed by atoms with Gasteiger partial charge >= 0.3 is 0 Å². The van der Waals surface area contributed by atoms with Gasteiger partial charge in [0.15, 0.2) is 0 Å². The first-order chi connectivity index (χ1) is 16.4. The zero-order valence-corrected chi connectivity index (χ0v) is 19.6. The van der Waals surface area contributed by atoms with Crippen molar-refractivity contribution in [2.45, 2.75) is 32.7 Å². The summed E-state index contributed by atoms with van der Waals surface area (Å²) in [6.45, 7) is 6.45. The van der Waals surface area contributed by atoms with E-state index in [0.717, 1.165) is 5.56 Å². The molecule has 2 heterocycles. The van der Waals surface area contributed by atoms with Crippen LogP contribution in [0.4, 0.5) is 5.69 Å². The Bertz CT molecular complexity index is 1240. The van der Waals surface area contributed by atoms with Crippen molar-refractivity contribution in [2.24, 2.45) is 0 Å². The van der Waals surface area contributed by atoms with E-state index in [1.165, 1.54) is 18.3 Å². The third-order valence-electron chi connectivity index (χ3n) is 5.79. The summed E-state index contributed by atoms with van der Waals surface area (Å²) in [6.07, 6.45) is 1.47. The summed E-state index contributed by atoms with van der Waals surface area (Å²) in [5, 5.41) is 11.3. The molecule has 34 heavy (non-hydrogen) atoms. The van der Waals surface area contributed by atoms with E-state index in [4.69, 9.17) is 13.9 Å². The van der Waals surface area contributed by atoms with Crippen molar-refractivity contribution in [3.8, 4) is 11.5 Å². The number of aliphatic hydroxyl groups excluding tert-OH is 1. The van der Waals surface area contributed by atoms with Crippen molar-refractivity contribution in [2.75, 3.05) is 18.6 Å². The molecule has 3 aromatic rings. The highest BCUT2D eigenvalue weighted by Crippen LogP contribution is 2.43. The van der Waals surface area contributed by atoms with Crippen LogP contribution in [0.2, 0.25) is 0 Å². The monoisotopic (exact) mass is 461 g/mol. The predicted octanol–water partition coefficient (Wildman–Crippen LogP) is 5.44. The minimum absolute atomic E-state index is 0.0402. The molecule has 7 nitrogen and oxygen atoms in total. The molecule has 1 fully saturated rings. The van der Waals surface area contributed by atoms with Crippen molar-refractivity contribution >= 4 is 23.1 Å². The van der Waals surface area contributed by atoms with Crippen molar-refractivity contribution < 1.29 is 28.6 Å². The molecule has 1 N–H and O–H groups in total. The third-order valence-corrected chi connectivity index (χ3v) is 5.79. The average molecular weight is 462 g/mol. The van der Waals surface area contributed by atoms with Crippen LogP contribution >= 0.6 is 0 Å². The number of furan rings is 1. The molecule has 1 amide bonds. The number of carbonyl (C=O) groups is 2. The number of ether oxygens (including phenoxy) is 2. The summed E-state index contributed by atoms with van der Waals surface area (Å²) in [7, 11) is 1.52. The first kappa shape index (κ1) is 23.2. The summed E-state index contributed by atoms with van der Waals surface area (Å²) < 4.78 is 16.6. The van der Waals surface area contributed by atoms with E-state index in [0.29, 0.717) is 35.1 Å². The SMILES string of the molecule is CCOc1ccc(/C(O)=C2/C(=O)C(=O)N(c3cccc(OC)c3)C2c2ccco2)cc1C(C)C. The van der Waals surface area contributed by atoms with Crippen molar-refractivity contribution in [3.63, 3.8) is 0 Å². The van der Waals surface area contributed by atoms with Crippen LogP contribution in [0.1, 0.15) is 49.6 Å². The van der Waals surface area contributed by atoms with Crippen LogP contribution in [-0.2, 0) is 9.59 Å². The van der Waals surface area contributed by atoms with Crippen LogP contribution in [0.15, 0.2) is 70.9 Å². The Morgan fingerprint density at radius 2 is 1.91 bits per heavy atom. The molecule has 7 heteroatoms. The van der Waals surface area contributed by atoms with Gasteiger partial charge in [-0.05, 0) is 60.9 Å². The van der Waals surface area contributed by atoms with E-state index in [1.807, 2.05) is 20.8 Å². The van der Waals surface area contributed by atoms with Crippen LogP contribution in [0.25, 0.3) is 5.76 Å². The van der Waals surface area contributed by atoms with E-state index in [-0.39, 0.29) is 17.3 Å². The van der Waals surface area contributed by atoms with Gasteiger partial charge in [0, 0.05) is 17.3 Å². The summed E-state index contributed by atoms with van der Waals surface area (Å²) >= 11 is 0. The lowest BCUT2D eigenvalue weighted by Gasteiger charge is -2.23. The molecular formula is C27H27NO6. The van der Waals surface area contributed by atoms with E-state index in [2.05, 4.69) is 0 Å². The van der Waals surface area contributed by atoms with Gasteiger partial charge in [0.2, 0.25) is 0 Å². The van der Waals surface area contributed by atoms with Crippen LogP contribution in [-0.4, -0.2) is 30.5 Å². The molecule has 0 bridgehead atoms. The molecular weight excluding hydrogens is 434 g/mol. The predicted molar refractivity (Wildman–Crippen MR) is 128 cm³/mol. The zero-order valence-electron chi connectivity index (χ0n) is 19.6. The molecule has 1 saturated heterocycles. The molecule has 176 valence electrons. The normalized spacial score (nSPS) is 17.4. The second-order valence-electron chi connectivity index (χ2n) is 8.23. The van der Waals surface area contributed by atoms with Gasteiger partial charge in [0.05, 0.1) is 25.6 Å². The number of benzene rings is 2. The number of rotatable bonds is 7. The molecule has 1 atom stereocenters. The van der Waals surface area contributed by atoms with Gasteiger partial charge in [-0.3, -0.25) is 14.5 Å². The first-order valence-electron chi connectivity index (χ1n) is 11.1. The maximum Gasteiger partial charge on any atom is 0.300 e. The lowest BCUT2D eigenvalue weighted by Crippen LogP contribution is -2.29. The molecule has 1 aliphatic heterocycles. The lowest BCUT2D eigenvalue weighted by molar-refractivity contribution is -0.132. The fraction of sp³-hybridized carbons (Fsp3) is 0.259. The standard InChI is InChI=1S/C27H27NO6/c1-5-33-21-12-11-17(14-20(21)16(2)3)25(29)23-24(22-10-7-13-34-22)28(27(31)26(23)30)18-8-6-9-19(15-18)32-4/h6-16,24,29H,5H2,1-4H3/b25-23-. The molecule has 2 aromatic carbocycles.